The summed E-state index contributed by atoms with van der Waals surface area (Å²) in [6, 6.07) is 5.91. The molecule has 21 heavy (non-hydrogen) atoms. The molecule has 5 nitrogen and oxygen atoms in total. The molecule has 0 radical (unpaired) electrons. The van der Waals surface area contributed by atoms with Crippen LogP contribution in [0.2, 0.25) is 0 Å². The van der Waals surface area contributed by atoms with Gasteiger partial charge in [-0.1, -0.05) is 13.0 Å². The molecule has 1 atom stereocenters. The van der Waals surface area contributed by atoms with E-state index in [0.717, 1.165) is 42.9 Å². The topological polar surface area (TPSA) is 64.6 Å². The zero-order chi connectivity index (χ0) is 15.0. The third kappa shape index (κ3) is 2.76. The lowest BCUT2D eigenvalue weighted by molar-refractivity contribution is -0.117. The number of carbonyl (C=O) groups is 1. The number of aliphatic hydroxyl groups excluding tert-OH is 1. The molecule has 1 amide bonds. The van der Waals surface area contributed by atoms with Gasteiger partial charge in [0.1, 0.15) is 6.04 Å². The molecule has 1 saturated carbocycles. The van der Waals surface area contributed by atoms with Crippen molar-refractivity contribution in [1.29, 1.82) is 0 Å². The van der Waals surface area contributed by atoms with Gasteiger partial charge in [0.15, 0.2) is 0 Å². The van der Waals surface area contributed by atoms with Gasteiger partial charge in [-0.15, -0.1) is 0 Å². The van der Waals surface area contributed by atoms with E-state index in [4.69, 9.17) is 0 Å². The summed E-state index contributed by atoms with van der Waals surface area (Å²) in [6.45, 7) is 3.71. The van der Waals surface area contributed by atoms with Gasteiger partial charge in [0.2, 0.25) is 5.91 Å². The number of benzene rings is 1. The summed E-state index contributed by atoms with van der Waals surface area (Å²) in [5.41, 5.74) is 3.04. The molecule has 0 aromatic heterocycles. The summed E-state index contributed by atoms with van der Waals surface area (Å²) in [5.74, 6) is 0.594. The number of amides is 1. The smallest absolute Gasteiger partial charge is 0.246 e. The predicted octanol–water partition coefficient (Wildman–Crippen LogP) is 1.50. The summed E-state index contributed by atoms with van der Waals surface area (Å²) < 4.78 is 0. The van der Waals surface area contributed by atoms with Crippen molar-refractivity contribution in [2.24, 2.45) is 5.92 Å². The molecular weight excluding hydrogens is 266 g/mol. The molecule has 2 aliphatic rings. The molecule has 1 fully saturated rings. The number of anilines is 2. The van der Waals surface area contributed by atoms with Gasteiger partial charge in [-0.2, -0.15) is 0 Å². The maximum absolute atomic E-state index is 12.0. The first kappa shape index (κ1) is 14.4. The predicted molar refractivity (Wildman–Crippen MR) is 83.5 cm³/mol. The minimum absolute atomic E-state index is 0.0220. The Balaban J connectivity index is 1.71. The Bertz CT molecular complexity index is 540. The number of nitrogens with zero attached hydrogens (tertiary/aromatic N) is 1. The van der Waals surface area contributed by atoms with Crippen molar-refractivity contribution >= 4 is 17.3 Å². The van der Waals surface area contributed by atoms with Crippen LogP contribution in [-0.4, -0.2) is 37.3 Å². The molecule has 1 aromatic carbocycles. The van der Waals surface area contributed by atoms with Crippen LogP contribution in [0, 0.1) is 5.92 Å². The van der Waals surface area contributed by atoms with Crippen molar-refractivity contribution in [3.8, 4) is 0 Å². The zero-order valence-electron chi connectivity index (χ0n) is 12.6. The second-order valence-electron chi connectivity index (χ2n) is 6.12. The highest BCUT2D eigenvalue weighted by Crippen LogP contribution is 2.35. The summed E-state index contributed by atoms with van der Waals surface area (Å²) >= 11 is 0. The first-order chi connectivity index (χ1) is 10.1. The van der Waals surface area contributed by atoms with Gasteiger partial charge in [0, 0.05) is 30.5 Å². The van der Waals surface area contributed by atoms with Gasteiger partial charge in [-0.05, 0) is 37.4 Å². The quantitative estimate of drug-likeness (QED) is 0.768. The van der Waals surface area contributed by atoms with Crippen LogP contribution < -0.4 is 15.5 Å². The van der Waals surface area contributed by atoms with E-state index in [1.807, 2.05) is 19.1 Å². The molecule has 114 valence electrons. The number of carbonyl (C=O) groups excluding carboxylic acids is 1. The standard InChI is InChI=1S/C16H23N3O2/c1-3-17-15-13-5-4-11(8-14(13)18-16(15)21)19(2)9-10-6-12(20)7-10/h4-5,8,10,12,15,17,20H,3,6-7,9H2,1-2H3,(H,18,21). The highest BCUT2D eigenvalue weighted by Gasteiger charge is 2.31. The fourth-order valence-corrected chi connectivity index (χ4v) is 3.24. The van der Waals surface area contributed by atoms with E-state index in [1.54, 1.807) is 0 Å². The lowest BCUT2D eigenvalue weighted by Crippen LogP contribution is -2.37. The van der Waals surface area contributed by atoms with Crippen LogP contribution in [0.1, 0.15) is 31.4 Å². The van der Waals surface area contributed by atoms with E-state index in [-0.39, 0.29) is 18.1 Å². The number of fused-ring (bicyclic) bond motifs is 1. The second kappa shape index (κ2) is 5.66. The molecule has 1 aliphatic heterocycles. The Labute approximate surface area is 125 Å². The molecule has 3 rings (SSSR count). The van der Waals surface area contributed by atoms with Crippen molar-refractivity contribution in [2.75, 3.05) is 30.4 Å². The van der Waals surface area contributed by atoms with Crippen molar-refractivity contribution in [1.82, 2.24) is 5.32 Å². The monoisotopic (exact) mass is 289 g/mol. The van der Waals surface area contributed by atoms with Gasteiger partial charge < -0.3 is 20.6 Å². The van der Waals surface area contributed by atoms with E-state index in [9.17, 15) is 9.90 Å². The largest absolute Gasteiger partial charge is 0.393 e. The zero-order valence-corrected chi connectivity index (χ0v) is 12.6. The summed E-state index contributed by atoms with van der Waals surface area (Å²) in [7, 11) is 2.06. The van der Waals surface area contributed by atoms with Gasteiger partial charge in [0.25, 0.3) is 0 Å². The van der Waals surface area contributed by atoms with E-state index < -0.39 is 0 Å². The van der Waals surface area contributed by atoms with E-state index in [2.05, 4.69) is 28.6 Å². The molecule has 0 saturated heterocycles. The molecule has 3 N–H and O–H groups in total. The number of hydrogen-bond acceptors (Lipinski definition) is 4. The first-order valence-corrected chi connectivity index (χ1v) is 7.66. The molecule has 0 spiro atoms. The van der Waals surface area contributed by atoms with Gasteiger partial charge in [-0.25, -0.2) is 0 Å². The third-order valence-electron chi connectivity index (χ3n) is 4.46. The van der Waals surface area contributed by atoms with Crippen LogP contribution in [-0.2, 0) is 4.79 Å². The van der Waals surface area contributed by atoms with Crippen molar-refractivity contribution in [3.63, 3.8) is 0 Å². The van der Waals surface area contributed by atoms with E-state index >= 15 is 0 Å². The molecule has 5 heteroatoms. The van der Waals surface area contributed by atoms with Crippen LogP contribution in [0.3, 0.4) is 0 Å². The average Bonchev–Trinajstić information content (AvgIpc) is 2.73. The third-order valence-corrected chi connectivity index (χ3v) is 4.46. The molecular formula is C16H23N3O2. The molecule has 1 unspecified atom stereocenters. The van der Waals surface area contributed by atoms with Crippen LogP contribution in [0.25, 0.3) is 0 Å². The Morgan fingerprint density at radius 2 is 2.19 bits per heavy atom. The molecule has 0 bridgehead atoms. The van der Waals surface area contributed by atoms with Crippen molar-refractivity contribution in [3.05, 3.63) is 23.8 Å². The Hall–Kier alpha value is -1.59. The average molecular weight is 289 g/mol. The van der Waals surface area contributed by atoms with Crippen LogP contribution in [0.5, 0.6) is 0 Å². The highest BCUT2D eigenvalue weighted by molar-refractivity contribution is 6.03. The highest BCUT2D eigenvalue weighted by atomic mass is 16.3. The lowest BCUT2D eigenvalue weighted by Gasteiger charge is -2.35. The Kier molecular flexibility index (Phi) is 3.87. The summed E-state index contributed by atoms with van der Waals surface area (Å²) in [4.78, 5) is 14.2. The van der Waals surface area contributed by atoms with E-state index in [1.165, 1.54) is 0 Å². The molecule has 1 aliphatic carbocycles. The van der Waals surface area contributed by atoms with Crippen LogP contribution >= 0.6 is 0 Å². The SMILES string of the molecule is CCNC1C(=O)Nc2cc(N(C)CC3CC(O)C3)ccc21. The lowest BCUT2D eigenvalue weighted by atomic mass is 9.82. The van der Waals surface area contributed by atoms with Gasteiger partial charge in [-0.3, -0.25) is 4.79 Å². The first-order valence-electron chi connectivity index (χ1n) is 7.66. The fraction of sp³-hybridized carbons (Fsp3) is 0.562. The van der Waals surface area contributed by atoms with Crippen LogP contribution in [0.15, 0.2) is 18.2 Å². The maximum Gasteiger partial charge on any atom is 0.246 e. The number of rotatable bonds is 5. The summed E-state index contributed by atoms with van der Waals surface area (Å²) in [6.07, 6.45) is 1.69. The Morgan fingerprint density at radius 1 is 1.43 bits per heavy atom. The number of hydrogen-bond donors (Lipinski definition) is 3. The van der Waals surface area contributed by atoms with Crippen LogP contribution in [0.4, 0.5) is 11.4 Å². The number of aliphatic hydroxyl groups is 1. The maximum atomic E-state index is 12.0. The molecule has 1 heterocycles. The number of likely N-dealkylation sites (N-methyl/N-ethyl adjacent to an activating group) is 1. The molecule has 1 aromatic rings. The van der Waals surface area contributed by atoms with Crippen molar-refractivity contribution in [2.45, 2.75) is 31.9 Å². The number of nitrogens with one attached hydrogen (secondary N) is 2. The minimum atomic E-state index is -0.230. The Morgan fingerprint density at radius 3 is 2.86 bits per heavy atom. The normalized spacial score (nSPS) is 27.0. The minimum Gasteiger partial charge on any atom is -0.393 e. The van der Waals surface area contributed by atoms with Crippen molar-refractivity contribution < 1.29 is 9.90 Å². The second-order valence-corrected chi connectivity index (χ2v) is 6.12. The fourth-order valence-electron chi connectivity index (χ4n) is 3.24. The summed E-state index contributed by atoms with van der Waals surface area (Å²) in [5, 5.41) is 15.5. The van der Waals surface area contributed by atoms with Gasteiger partial charge in [0.05, 0.1) is 6.10 Å². The van der Waals surface area contributed by atoms with E-state index in [0.29, 0.717) is 5.92 Å². The van der Waals surface area contributed by atoms with Gasteiger partial charge >= 0.3 is 0 Å².